The molecule has 0 saturated carbocycles. The molecule has 2 aromatic rings. The molecule has 0 spiro atoms. The number of primary sulfonamides is 1. The summed E-state index contributed by atoms with van der Waals surface area (Å²) in [4.78, 5) is 18.9. The summed E-state index contributed by atoms with van der Waals surface area (Å²) < 4.78 is 22.5. The molecule has 3 N–H and O–H groups in total. The molecule has 0 radical (unpaired) electrons. The predicted octanol–water partition coefficient (Wildman–Crippen LogP) is 0.196. The zero-order valence-electron chi connectivity index (χ0n) is 11.6. The van der Waals surface area contributed by atoms with Crippen molar-refractivity contribution in [1.29, 1.82) is 0 Å². The van der Waals surface area contributed by atoms with Gasteiger partial charge in [0.25, 0.3) is 5.69 Å². The van der Waals surface area contributed by atoms with E-state index >= 15 is 0 Å². The molecule has 9 nitrogen and oxygen atoms in total. The van der Waals surface area contributed by atoms with Crippen LogP contribution in [0.4, 0.5) is 17.1 Å². The molecule has 0 atom stereocenters. The lowest BCUT2D eigenvalue weighted by Crippen LogP contribution is -2.25. The van der Waals surface area contributed by atoms with E-state index in [1.807, 2.05) is 0 Å². The Labute approximate surface area is 130 Å². The van der Waals surface area contributed by atoms with Gasteiger partial charge in [0.2, 0.25) is 10.0 Å². The molecule has 1 heterocycles. The van der Waals surface area contributed by atoms with Crippen molar-refractivity contribution in [3.8, 4) is 0 Å². The predicted molar refractivity (Wildman–Crippen MR) is 81.4 cm³/mol. The number of rotatable bonds is 4. The third-order valence-corrected chi connectivity index (χ3v) is 4.18. The molecule has 23 heavy (non-hydrogen) atoms. The van der Waals surface area contributed by atoms with Crippen molar-refractivity contribution in [2.75, 3.05) is 12.0 Å². The van der Waals surface area contributed by atoms with Gasteiger partial charge in [-0.25, -0.2) is 13.6 Å². The minimum absolute atomic E-state index is 0.0458. The van der Waals surface area contributed by atoms with Crippen molar-refractivity contribution in [3.05, 3.63) is 57.2 Å². The first kappa shape index (κ1) is 15.1. The first-order valence-corrected chi connectivity index (χ1v) is 7.97. The second-order valence-electron chi connectivity index (χ2n) is 4.74. The lowest BCUT2D eigenvalue weighted by atomic mass is 10.2. The first-order valence-electron chi connectivity index (χ1n) is 6.42. The van der Waals surface area contributed by atoms with Gasteiger partial charge in [0, 0.05) is 11.8 Å². The molecule has 0 bridgehead atoms. The number of hydrogen-bond donors (Lipinski definition) is 2. The highest BCUT2D eigenvalue weighted by molar-refractivity contribution is 7.89. The Morgan fingerprint density at radius 3 is 2.43 bits per heavy atom. The number of sulfonamides is 1. The average molecular weight is 333 g/mol. The molecule has 0 fully saturated rings. The second kappa shape index (κ2) is 5.41. The topological polar surface area (TPSA) is 140 Å². The third kappa shape index (κ3) is 2.89. The van der Waals surface area contributed by atoms with Gasteiger partial charge in [0.1, 0.15) is 17.7 Å². The van der Waals surface area contributed by atoms with Crippen molar-refractivity contribution in [3.63, 3.8) is 0 Å². The fourth-order valence-electron chi connectivity index (χ4n) is 2.19. The van der Waals surface area contributed by atoms with Crippen LogP contribution in [0.2, 0.25) is 0 Å². The Hall–Kier alpha value is -2.85. The highest BCUT2D eigenvalue weighted by atomic mass is 32.2. The van der Waals surface area contributed by atoms with Crippen molar-refractivity contribution in [1.82, 2.24) is 0 Å². The molecular formula is C13H11N5O4S. The monoisotopic (exact) mass is 333 g/mol. The van der Waals surface area contributed by atoms with Crippen LogP contribution in [0, 0.1) is 10.1 Å². The molecule has 1 aliphatic rings. The lowest BCUT2D eigenvalue weighted by molar-refractivity contribution is -0.384. The summed E-state index contributed by atoms with van der Waals surface area (Å²) >= 11 is 0. The molecule has 0 aliphatic carbocycles. The zero-order valence-corrected chi connectivity index (χ0v) is 12.4. The maximum Gasteiger partial charge on any atom is 0.295 e. The number of benzene rings is 2. The maximum absolute atomic E-state index is 11.2. The summed E-state index contributed by atoms with van der Waals surface area (Å²) in [5.41, 5.74) is 0.549. The minimum atomic E-state index is -3.79. The van der Waals surface area contributed by atoms with Gasteiger partial charge >= 0.3 is 0 Å². The van der Waals surface area contributed by atoms with E-state index < -0.39 is 14.9 Å². The van der Waals surface area contributed by atoms with E-state index in [1.165, 1.54) is 30.3 Å². The number of nitro benzene ring substituents is 1. The summed E-state index contributed by atoms with van der Waals surface area (Å²) in [6, 6.07) is 8.45. The van der Waals surface area contributed by atoms with Crippen LogP contribution in [0.5, 0.6) is 0 Å². The van der Waals surface area contributed by atoms with Gasteiger partial charge in [0.05, 0.1) is 15.2 Å². The maximum atomic E-state index is 11.2. The van der Waals surface area contributed by atoms with Crippen LogP contribution in [0.1, 0.15) is 0 Å². The summed E-state index contributed by atoms with van der Waals surface area (Å²) in [6.45, 7) is 0.218. The van der Waals surface area contributed by atoms with E-state index in [0.717, 1.165) is 0 Å². The Morgan fingerprint density at radius 1 is 1.13 bits per heavy atom. The highest BCUT2D eigenvalue weighted by Crippen LogP contribution is 2.24. The number of nitrogens with zero attached hydrogens (tertiary/aromatic N) is 3. The van der Waals surface area contributed by atoms with E-state index in [0.29, 0.717) is 16.4 Å². The van der Waals surface area contributed by atoms with Gasteiger partial charge in [-0.2, -0.15) is 0 Å². The van der Waals surface area contributed by atoms with Crippen LogP contribution in [0.3, 0.4) is 0 Å². The number of hydrogen-bond acceptors (Lipinski definition) is 7. The molecule has 0 amide bonds. The number of anilines is 2. The molecule has 10 heteroatoms. The molecule has 2 aromatic carbocycles. The summed E-state index contributed by atoms with van der Waals surface area (Å²) in [5, 5.41) is 20.1. The van der Waals surface area contributed by atoms with E-state index in [2.05, 4.69) is 15.3 Å². The van der Waals surface area contributed by atoms with E-state index in [4.69, 9.17) is 5.14 Å². The van der Waals surface area contributed by atoms with E-state index in [1.54, 1.807) is 6.07 Å². The molecule has 118 valence electrons. The fraction of sp³-hybridized carbons (Fsp3) is 0.0769. The summed E-state index contributed by atoms with van der Waals surface area (Å²) in [5.74, 6) is 0. The smallest absolute Gasteiger partial charge is 0.295 e. The number of fused-ring (bicyclic) bond motifs is 1. The minimum Gasteiger partial charge on any atom is -0.348 e. The number of nitro groups is 1. The molecule has 3 rings (SSSR count). The van der Waals surface area contributed by atoms with Crippen molar-refractivity contribution in [2.24, 2.45) is 15.1 Å². The quantitative estimate of drug-likeness (QED) is 0.607. The number of nitrogens with one attached hydrogen (secondary N) is 1. The largest absolute Gasteiger partial charge is 0.348 e. The van der Waals surface area contributed by atoms with Crippen LogP contribution in [-0.2, 0) is 10.0 Å². The normalized spacial score (nSPS) is 12.9. The van der Waals surface area contributed by atoms with Crippen molar-refractivity contribution < 1.29 is 13.3 Å². The average Bonchev–Trinajstić information content (AvgIpc) is 2.95. The highest BCUT2D eigenvalue weighted by Gasteiger charge is 2.18. The van der Waals surface area contributed by atoms with Crippen LogP contribution in [-0.4, -0.2) is 20.0 Å². The van der Waals surface area contributed by atoms with Crippen LogP contribution < -0.4 is 21.2 Å². The van der Waals surface area contributed by atoms with Gasteiger partial charge < -0.3 is 5.32 Å². The Bertz CT molecular complexity index is 1020. The molecule has 1 aliphatic heterocycles. The van der Waals surface area contributed by atoms with E-state index in [9.17, 15) is 18.5 Å². The summed E-state index contributed by atoms with van der Waals surface area (Å²) in [6.07, 6.45) is 0. The Morgan fingerprint density at radius 2 is 1.83 bits per heavy atom. The van der Waals surface area contributed by atoms with Crippen LogP contribution >= 0.6 is 0 Å². The number of nitrogens with two attached hydrogens (primary N) is 1. The molecular weight excluding hydrogens is 322 g/mol. The van der Waals surface area contributed by atoms with Gasteiger partial charge in [-0.05, 0) is 30.3 Å². The zero-order chi connectivity index (χ0) is 16.6. The van der Waals surface area contributed by atoms with E-state index in [-0.39, 0.29) is 22.9 Å². The standard InChI is InChI=1S/C13H11N5O4S/c14-23(21,22)9-3-1-8(2-4-9)17-13-11(18(19)20)6-5-10-12(13)16-7-15-10/h1-6,17H,7H2,(H2,14,21,22). The Kier molecular flexibility index (Phi) is 3.54. The fourth-order valence-corrected chi connectivity index (χ4v) is 2.70. The molecule has 0 unspecified atom stereocenters. The first-order chi connectivity index (χ1) is 10.9. The van der Waals surface area contributed by atoms with Crippen molar-refractivity contribution in [2.45, 2.75) is 4.90 Å². The summed E-state index contributed by atoms with van der Waals surface area (Å²) in [7, 11) is -3.79. The van der Waals surface area contributed by atoms with Crippen LogP contribution in [0.15, 0.2) is 51.3 Å². The molecule has 0 aromatic heterocycles. The van der Waals surface area contributed by atoms with Gasteiger partial charge in [0.15, 0.2) is 0 Å². The van der Waals surface area contributed by atoms with Gasteiger partial charge in [-0.1, -0.05) is 0 Å². The SMILES string of the molecule is NS(=O)(=O)c1ccc(Nc2c([N+](=O)[O-])ccc3c2=NCN=3)cc1. The van der Waals surface area contributed by atoms with Gasteiger partial charge in [-0.15, -0.1) is 0 Å². The van der Waals surface area contributed by atoms with Crippen LogP contribution in [0.25, 0.3) is 0 Å². The van der Waals surface area contributed by atoms with Crippen molar-refractivity contribution >= 4 is 27.1 Å². The molecule has 0 saturated heterocycles. The lowest BCUT2D eigenvalue weighted by Gasteiger charge is -2.07. The van der Waals surface area contributed by atoms with Gasteiger partial charge in [-0.3, -0.25) is 20.1 Å². The second-order valence-corrected chi connectivity index (χ2v) is 6.30. The third-order valence-electron chi connectivity index (χ3n) is 3.25. The Balaban J connectivity index is 2.06.